The van der Waals surface area contributed by atoms with E-state index in [1.165, 1.54) is 0 Å². The number of aromatic amines is 1. The molecule has 0 aliphatic carbocycles. The van der Waals surface area contributed by atoms with Crippen molar-refractivity contribution in [3.63, 3.8) is 0 Å². The molecule has 1 atom stereocenters. The van der Waals surface area contributed by atoms with E-state index in [4.69, 9.17) is 5.73 Å². The highest BCUT2D eigenvalue weighted by molar-refractivity contribution is 5.95. The second kappa shape index (κ2) is 5.31. The number of nitrogens with zero attached hydrogens (tertiary/aromatic N) is 2. The summed E-state index contributed by atoms with van der Waals surface area (Å²) in [4.78, 5) is 4.47. The predicted octanol–water partition coefficient (Wildman–Crippen LogP) is 1.98. The predicted molar refractivity (Wildman–Crippen MR) is 88.6 cm³/mol. The fraction of sp³-hybridized carbons (Fsp3) is 0.250. The second-order valence-corrected chi connectivity index (χ2v) is 5.63. The van der Waals surface area contributed by atoms with E-state index in [1.54, 1.807) is 6.20 Å². The minimum Gasteiger partial charge on any atom is -0.384 e. The Morgan fingerprint density at radius 2 is 2.18 bits per heavy atom. The molecule has 2 aromatic heterocycles. The molecular weight excluding hydrogens is 276 g/mol. The highest BCUT2D eigenvalue weighted by atomic mass is 15.1. The molecule has 1 fully saturated rings. The minimum absolute atomic E-state index is 0.442. The van der Waals surface area contributed by atoms with Crippen LogP contribution in [0, 0.1) is 0 Å². The second-order valence-electron chi connectivity index (χ2n) is 5.63. The zero-order chi connectivity index (χ0) is 14.9. The van der Waals surface area contributed by atoms with E-state index < -0.39 is 0 Å². The van der Waals surface area contributed by atoms with E-state index in [2.05, 4.69) is 37.9 Å². The first-order valence-corrected chi connectivity index (χ1v) is 7.47. The van der Waals surface area contributed by atoms with Gasteiger partial charge in [0.25, 0.3) is 0 Å². The number of pyridine rings is 1. The van der Waals surface area contributed by atoms with Gasteiger partial charge in [0, 0.05) is 41.5 Å². The number of H-pyrrole nitrogens is 1. The molecule has 0 spiro atoms. The molecule has 0 bridgehead atoms. The Bertz CT molecular complexity index is 790. The molecule has 5 N–H and O–H groups in total. The Morgan fingerprint density at radius 3 is 2.95 bits per heavy atom. The molecule has 3 aromatic rings. The first kappa shape index (κ1) is 13.1. The lowest BCUT2D eigenvalue weighted by Gasteiger charge is -2.16. The quantitative estimate of drug-likeness (QED) is 0.593. The first-order chi connectivity index (χ1) is 10.8. The van der Waals surface area contributed by atoms with Gasteiger partial charge in [0.15, 0.2) is 0 Å². The van der Waals surface area contributed by atoms with Crippen LogP contribution in [0.1, 0.15) is 6.42 Å². The summed E-state index contributed by atoms with van der Waals surface area (Å²) < 4.78 is 0. The third kappa shape index (κ3) is 2.37. The van der Waals surface area contributed by atoms with Crippen LogP contribution in [0.5, 0.6) is 0 Å². The van der Waals surface area contributed by atoms with Gasteiger partial charge in [-0.3, -0.25) is 5.10 Å². The maximum Gasteiger partial charge on any atom is 0.126 e. The fourth-order valence-electron chi connectivity index (χ4n) is 2.95. The van der Waals surface area contributed by atoms with Crippen LogP contribution in [0.4, 0.5) is 11.5 Å². The molecule has 0 unspecified atom stereocenters. The molecular formula is C16H18N6. The van der Waals surface area contributed by atoms with Crippen molar-refractivity contribution in [3.05, 3.63) is 36.5 Å². The zero-order valence-corrected chi connectivity index (χ0v) is 12.1. The Hall–Kier alpha value is -2.60. The van der Waals surface area contributed by atoms with Gasteiger partial charge in [-0.05, 0) is 25.1 Å². The summed E-state index contributed by atoms with van der Waals surface area (Å²) in [5.74, 6) is 0.530. The highest BCUT2D eigenvalue weighted by Gasteiger charge is 2.16. The van der Waals surface area contributed by atoms with Crippen LogP contribution in [-0.2, 0) is 0 Å². The Kier molecular flexibility index (Phi) is 3.16. The van der Waals surface area contributed by atoms with Gasteiger partial charge in [-0.15, -0.1) is 0 Å². The van der Waals surface area contributed by atoms with E-state index in [0.717, 1.165) is 47.4 Å². The largest absolute Gasteiger partial charge is 0.384 e. The van der Waals surface area contributed by atoms with Gasteiger partial charge in [0.05, 0.1) is 11.2 Å². The van der Waals surface area contributed by atoms with Gasteiger partial charge >= 0.3 is 0 Å². The van der Waals surface area contributed by atoms with Crippen molar-refractivity contribution >= 4 is 22.4 Å². The molecule has 1 saturated heterocycles. The number of hydrogen-bond donors (Lipinski definition) is 4. The summed E-state index contributed by atoms with van der Waals surface area (Å²) in [7, 11) is 0. The standard InChI is InChI=1S/C16H18N6/c17-16-8-15(20-11-3-5-18-9-11)12-2-1-10(7-14(12)21-16)13-4-6-19-22-13/h1-2,4,6-8,11,18H,3,5,9H2,(H,19,22)(H3,17,20,21)/t11-/m1/s1. The molecule has 1 aromatic carbocycles. The summed E-state index contributed by atoms with van der Waals surface area (Å²) in [6, 6.07) is 10.5. The Labute approximate surface area is 128 Å². The van der Waals surface area contributed by atoms with Gasteiger partial charge < -0.3 is 16.4 Å². The number of hydrogen-bond acceptors (Lipinski definition) is 5. The maximum atomic E-state index is 5.98. The van der Waals surface area contributed by atoms with E-state index in [0.29, 0.717) is 11.9 Å². The van der Waals surface area contributed by atoms with Crippen molar-refractivity contribution in [3.8, 4) is 11.3 Å². The molecule has 1 aliphatic rings. The summed E-state index contributed by atoms with van der Waals surface area (Å²) in [6.45, 7) is 2.04. The van der Waals surface area contributed by atoms with Gasteiger partial charge in [-0.1, -0.05) is 12.1 Å². The molecule has 0 radical (unpaired) electrons. The summed E-state index contributed by atoms with van der Waals surface area (Å²) >= 11 is 0. The van der Waals surface area contributed by atoms with Gasteiger partial charge in [0.1, 0.15) is 5.82 Å². The maximum absolute atomic E-state index is 5.98. The SMILES string of the molecule is Nc1cc(N[C@@H]2CCNC2)c2ccc(-c3ccn[nH]3)cc2n1. The first-order valence-electron chi connectivity index (χ1n) is 7.47. The number of nitrogens with one attached hydrogen (secondary N) is 3. The lowest BCUT2D eigenvalue weighted by Crippen LogP contribution is -2.22. The molecule has 112 valence electrons. The van der Waals surface area contributed by atoms with Crippen LogP contribution in [0.3, 0.4) is 0 Å². The number of fused-ring (bicyclic) bond motifs is 1. The van der Waals surface area contributed by atoms with E-state index >= 15 is 0 Å². The number of nitrogen functional groups attached to an aromatic ring is 1. The molecule has 4 rings (SSSR count). The van der Waals surface area contributed by atoms with Crippen LogP contribution in [-0.4, -0.2) is 34.3 Å². The zero-order valence-electron chi connectivity index (χ0n) is 12.1. The number of anilines is 2. The normalized spacial score (nSPS) is 17.9. The third-order valence-corrected chi connectivity index (χ3v) is 4.06. The van der Waals surface area contributed by atoms with E-state index in [-0.39, 0.29) is 0 Å². The lowest BCUT2D eigenvalue weighted by molar-refractivity contribution is 0.794. The van der Waals surface area contributed by atoms with E-state index in [1.807, 2.05) is 18.2 Å². The fourth-order valence-corrected chi connectivity index (χ4v) is 2.95. The average Bonchev–Trinajstić information content (AvgIpc) is 3.20. The third-order valence-electron chi connectivity index (χ3n) is 4.06. The average molecular weight is 294 g/mol. The van der Waals surface area contributed by atoms with Crippen molar-refractivity contribution in [1.29, 1.82) is 0 Å². The van der Waals surface area contributed by atoms with Crippen molar-refractivity contribution < 1.29 is 0 Å². The highest BCUT2D eigenvalue weighted by Crippen LogP contribution is 2.29. The van der Waals surface area contributed by atoms with Gasteiger partial charge in [-0.2, -0.15) is 5.10 Å². The van der Waals surface area contributed by atoms with Crippen molar-refractivity contribution in [2.75, 3.05) is 24.1 Å². The van der Waals surface area contributed by atoms with Crippen LogP contribution in [0.25, 0.3) is 22.2 Å². The molecule has 0 saturated carbocycles. The summed E-state index contributed by atoms with van der Waals surface area (Å²) in [6.07, 6.45) is 2.86. The smallest absolute Gasteiger partial charge is 0.126 e. The minimum atomic E-state index is 0.442. The number of aromatic nitrogens is 3. The topological polar surface area (TPSA) is 91.6 Å². The number of benzene rings is 1. The summed E-state index contributed by atoms with van der Waals surface area (Å²) in [5, 5.41) is 15.0. The van der Waals surface area contributed by atoms with Gasteiger partial charge in [0.2, 0.25) is 0 Å². The monoisotopic (exact) mass is 294 g/mol. The molecule has 22 heavy (non-hydrogen) atoms. The summed E-state index contributed by atoms with van der Waals surface area (Å²) in [5.41, 5.74) is 9.94. The van der Waals surface area contributed by atoms with Crippen LogP contribution in [0.15, 0.2) is 36.5 Å². The Morgan fingerprint density at radius 1 is 1.23 bits per heavy atom. The molecule has 1 aliphatic heterocycles. The number of rotatable bonds is 3. The molecule has 3 heterocycles. The molecule has 0 amide bonds. The van der Waals surface area contributed by atoms with Crippen molar-refractivity contribution in [2.24, 2.45) is 0 Å². The number of nitrogens with two attached hydrogens (primary N) is 1. The Balaban J connectivity index is 1.77. The van der Waals surface area contributed by atoms with Crippen LogP contribution < -0.4 is 16.4 Å². The molecule has 6 nitrogen and oxygen atoms in total. The van der Waals surface area contributed by atoms with Crippen LogP contribution in [0.2, 0.25) is 0 Å². The van der Waals surface area contributed by atoms with Crippen LogP contribution >= 0.6 is 0 Å². The lowest BCUT2D eigenvalue weighted by atomic mass is 10.1. The van der Waals surface area contributed by atoms with Crippen molar-refractivity contribution in [1.82, 2.24) is 20.5 Å². The van der Waals surface area contributed by atoms with Gasteiger partial charge in [-0.25, -0.2) is 4.98 Å². The van der Waals surface area contributed by atoms with E-state index in [9.17, 15) is 0 Å². The molecule has 6 heteroatoms. The van der Waals surface area contributed by atoms with Crippen molar-refractivity contribution in [2.45, 2.75) is 12.5 Å².